The summed E-state index contributed by atoms with van der Waals surface area (Å²) in [6.07, 6.45) is 0. The quantitative estimate of drug-likeness (QED) is 0.271. The zero-order valence-corrected chi connectivity index (χ0v) is 18.1. The van der Waals surface area contributed by atoms with Gasteiger partial charge in [-0.3, -0.25) is 14.4 Å². The normalized spacial score (nSPS) is 25.2. The lowest BCUT2D eigenvalue weighted by Gasteiger charge is -2.23. The summed E-state index contributed by atoms with van der Waals surface area (Å²) in [6, 6.07) is 23.0. The summed E-state index contributed by atoms with van der Waals surface area (Å²) < 4.78 is 5.59. The van der Waals surface area contributed by atoms with Crippen LogP contribution in [0, 0.1) is 10.8 Å². The van der Waals surface area contributed by atoms with Crippen molar-refractivity contribution in [3.05, 3.63) is 101 Å². The highest BCUT2D eigenvalue weighted by Gasteiger charge is 2.88. The molecular weight excluding hydrogens is 426 g/mol. The zero-order valence-electron chi connectivity index (χ0n) is 17.3. The minimum atomic E-state index is -1.63. The number of halogens is 1. The van der Waals surface area contributed by atoms with Gasteiger partial charge in [-0.15, -0.1) is 0 Å². The number of para-hydroxylation sites is 1. The third-order valence-corrected chi connectivity index (χ3v) is 6.98. The van der Waals surface area contributed by atoms with E-state index in [-0.39, 0.29) is 12.3 Å². The van der Waals surface area contributed by atoms with Crippen molar-refractivity contribution in [2.75, 3.05) is 0 Å². The highest BCUT2D eigenvalue weighted by molar-refractivity contribution is 6.30. The van der Waals surface area contributed by atoms with Crippen molar-refractivity contribution < 1.29 is 19.1 Å². The van der Waals surface area contributed by atoms with Gasteiger partial charge in [0.2, 0.25) is 5.91 Å². The van der Waals surface area contributed by atoms with Gasteiger partial charge in [-0.1, -0.05) is 60.1 Å². The minimum Gasteiger partial charge on any atom is -0.425 e. The van der Waals surface area contributed by atoms with E-state index in [1.165, 1.54) is 0 Å². The maximum atomic E-state index is 13.7. The first-order valence-electron chi connectivity index (χ1n) is 10.3. The van der Waals surface area contributed by atoms with Crippen LogP contribution in [-0.2, 0) is 16.1 Å². The van der Waals surface area contributed by atoms with Crippen LogP contribution in [-0.4, -0.2) is 17.7 Å². The Labute approximate surface area is 190 Å². The van der Waals surface area contributed by atoms with Gasteiger partial charge in [0.1, 0.15) is 5.75 Å². The Morgan fingerprint density at radius 2 is 1.62 bits per heavy atom. The number of esters is 1. The molecule has 5 nitrogen and oxygen atoms in total. The van der Waals surface area contributed by atoms with E-state index in [4.69, 9.17) is 16.3 Å². The van der Waals surface area contributed by atoms with Crippen molar-refractivity contribution in [3.8, 4) is 5.75 Å². The molecule has 3 aromatic carbocycles. The van der Waals surface area contributed by atoms with Crippen molar-refractivity contribution in [2.24, 2.45) is 10.8 Å². The third-order valence-electron chi connectivity index (χ3n) is 6.73. The van der Waals surface area contributed by atoms with Crippen LogP contribution < -0.4 is 10.1 Å². The van der Waals surface area contributed by atoms with Gasteiger partial charge in [0.05, 0.1) is 5.41 Å². The maximum Gasteiger partial charge on any atom is 0.328 e. The molecule has 1 aliphatic carbocycles. The van der Waals surface area contributed by atoms with E-state index in [0.717, 1.165) is 5.56 Å². The van der Waals surface area contributed by atoms with Crippen LogP contribution >= 0.6 is 11.6 Å². The number of rotatable bonds is 5. The van der Waals surface area contributed by atoms with Gasteiger partial charge in [-0.2, -0.15) is 0 Å². The Morgan fingerprint density at radius 1 is 0.969 bits per heavy atom. The molecule has 1 heterocycles. The SMILES string of the molecule is C[C@]1(C(=O)c2ccc(Cl)cc2)[C@H]2c3ccccc3OC(=O)[C@@]21C(=O)NCc1ccccc1. The van der Waals surface area contributed by atoms with Crippen LogP contribution in [0.5, 0.6) is 5.75 Å². The van der Waals surface area contributed by atoms with Crippen LogP contribution in [0.4, 0.5) is 0 Å². The van der Waals surface area contributed by atoms with Gasteiger partial charge in [0.15, 0.2) is 11.2 Å². The maximum absolute atomic E-state index is 13.7. The first kappa shape index (κ1) is 20.5. The lowest BCUT2D eigenvalue weighted by molar-refractivity contribution is -0.149. The molecule has 6 heteroatoms. The Bertz CT molecular complexity index is 1240. The molecule has 0 spiro atoms. The van der Waals surface area contributed by atoms with Crippen LogP contribution in [0.3, 0.4) is 0 Å². The van der Waals surface area contributed by atoms with Gasteiger partial charge < -0.3 is 10.1 Å². The summed E-state index contributed by atoms with van der Waals surface area (Å²) in [7, 11) is 0. The molecule has 0 radical (unpaired) electrons. The number of nitrogens with one attached hydrogen (secondary N) is 1. The molecule has 3 atom stereocenters. The Morgan fingerprint density at radius 3 is 2.34 bits per heavy atom. The van der Waals surface area contributed by atoms with E-state index in [2.05, 4.69) is 5.32 Å². The number of benzene rings is 3. The molecule has 1 saturated carbocycles. The van der Waals surface area contributed by atoms with Crippen LogP contribution in [0.2, 0.25) is 5.02 Å². The summed E-state index contributed by atoms with van der Waals surface area (Å²) >= 11 is 5.99. The number of hydrogen-bond acceptors (Lipinski definition) is 4. The first-order chi connectivity index (χ1) is 15.4. The van der Waals surface area contributed by atoms with Crippen LogP contribution in [0.25, 0.3) is 0 Å². The van der Waals surface area contributed by atoms with Crippen LogP contribution in [0.15, 0.2) is 78.9 Å². The van der Waals surface area contributed by atoms with Crippen molar-refractivity contribution in [1.29, 1.82) is 0 Å². The van der Waals surface area contributed by atoms with E-state index in [1.54, 1.807) is 43.3 Å². The topological polar surface area (TPSA) is 72.5 Å². The van der Waals surface area contributed by atoms with Crippen LogP contribution in [0.1, 0.15) is 34.3 Å². The molecule has 1 amide bonds. The standard InChI is InChI=1S/C26H20ClNO4/c1-25(22(29)17-11-13-18(27)14-12-17)21-19-9-5-6-10-20(19)32-24(31)26(21,25)23(30)28-15-16-7-3-2-4-8-16/h2-14,21H,15H2,1H3,(H,28,30)/t21-,25-,26+/m1/s1. The molecule has 0 bridgehead atoms. The second kappa shape index (κ2) is 7.31. The molecule has 0 aromatic heterocycles. The molecule has 3 aromatic rings. The van der Waals surface area contributed by atoms with Crippen molar-refractivity contribution in [3.63, 3.8) is 0 Å². The lowest BCUT2D eigenvalue weighted by atomic mass is 9.86. The van der Waals surface area contributed by atoms with Gasteiger partial charge >= 0.3 is 5.97 Å². The number of fused-ring (bicyclic) bond motifs is 3. The molecule has 160 valence electrons. The fourth-order valence-corrected chi connectivity index (χ4v) is 5.20. The third kappa shape index (κ3) is 2.74. The van der Waals surface area contributed by atoms with Crippen molar-refractivity contribution in [1.82, 2.24) is 5.32 Å². The number of amides is 1. The molecule has 2 aliphatic rings. The molecule has 32 heavy (non-hydrogen) atoms. The first-order valence-corrected chi connectivity index (χ1v) is 10.7. The molecule has 1 fully saturated rings. The fraction of sp³-hybridized carbons (Fsp3) is 0.192. The molecule has 0 unspecified atom stereocenters. The summed E-state index contributed by atoms with van der Waals surface area (Å²) in [6.45, 7) is 1.92. The number of carbonyl (C=O) groups excluding carboxylic acids is 3. The minimum absolute atomic E-state index is 0.244. The molecule has 5 rings (SSSR count). The van der Waals surface area contributed by atoms with Gasteiger partial charge in [0, 0.05) is 28.6 Å². The number of ether oxygens (including phenoxy) is 1. The number of carbonyl (C=O) groups is 3. The monoisotopic (exact) mass is 445 g/mol. The second-order valence-electron chi connectivity index (χ2n) is 8.38. The molecule has 1 N–H and O–H groups in total. The Balaban J connectivity index is 1.57. The van der Waals surface area contributed by atoms with E-state index >= 15 is 0 Å². The summed E-state index contributed by atoms with van der Waals surface area (Å²) in [5.41, 5.74) is -0.943. The largest absolute Gasteiger partial charge is 0.425 e. The average Bonchev–Trinajstić information content (AvgIpc) is 3.41. The van der Waals surface area contributed by atoms with Crippen molar-refractivity contribution >= 4 is 29.3 Å². The lowest BCUT2D eigenvalue weighted by Crippen LogP contribution is -2.45. The average molecular weight is 446 g/mol. The number of hydrogen-bond donors (Lipinski definition) is 1. The number of ketones is 1. The zero-order chi connectivity index (χ0) is 22.5. The second-order valence-corrected chi connectivity index (χ2v) is 8.81. The predicted octanol–water partition coefficient (Wildman–Crippen LogP) is 4.55. The Kier molecular flexibility index (Phi) is 4.68. The smallest absolute Gasteiger partial charge is 0.328 e. The molecule has 1 aliphatic heterocycles. The van der Waals surface area contributed by atoms with E-state index in [1.807, 2.05) is 42.5 Å². The predicted molar refractivity (Wildman–Crippen MR) is 119 cm³/mol. The summed E-state index contributed by atoms with van der Waals surface area (Å²) in [4.78, 5) is 40.6. The van der Waals surface area contributed by atoms with E-state index in [9.17, 15) is 14.4 Å². The molecule has 0 saturated heterocycles. The van der Waals surface area contributed by atoms with E-state index in [0.29, 0.717) is 21.9 Å². The fourth-order valence-electron chi connectivity index (χ4n) is 5.07. The highest BCUT2D eigenvalue weighted by Crippen LogP contribution is 2.78. The highest BCUT2D eigenvalue weighted by atomic mass is 35.5. The van der Waals surface area contributed by atoms with E-state index < -0.39 is 28.6 Å². The summed E-state index contributed by atoms with van der Waals surface area (Å²) in [5, 5.41) is 3.37. The van der Waals surface area contributed by atoms with Gasteiger partial charge in [-0.05, 0) is 42.8 Å². The van der Waals surface area contributed by atoms with Crippen molar-refractivity contribution in [2.45, 2.75) is 19.4 Å². The van der Waals surface area contributed by atoms with Gasteiger partial charge in [-0.25, -0.2) is 0 Å². The molecular formula is C26H20ClNO4. The summed E-state index contributed by atoms with van der Waals surface area (Å²) in [5.74, 6) is -1.72. The number of Topliss-reactive ketones (excluding diaryl/α,β-unsaturated/α-hetero) is 1. The van der Waals surface area contributed by atoms with Gasteiger partial charge in [0.25, 0.3) is 0 Å². The Hall–Kier alpha value is -3.44.